The summed E-state index contributed by atoms with van der Waals surface area (Å²) in [5.74, 6) is 0.735. The molecule has 0 atom stereocenters. The molecule has 1 heterocycles. The fourth-order valence-corrected chi connectivity index (χ4v) is 2.90. The Morgan fingerprint density at radius 2 is 2.41 bits per heavy atom. The van der Waals surface area contributed by atoms with Crippen LogP contribution in [0, 0.1) is 5.41 Å². The molecule has 0 N–H and O–H groups in total. The van der Waals surface area contributed by atoms with Gasteiger partial charge in [0, 0.05) is 11.9 Å². The molecule has 2 rings (SSSR count). The van der Waals surface area contributed by atoms with Crippen LogP contribution in [0.1, 0.15) is 19.3 Å². The Morgan fingerprint density at radius 1 is 1.65 bits per heavy atom. The van der Waals surface area contributed by atoms with Gasteiger partial charge in [-0.05, 0) is 35.9 Å². The van der Waals surface area contributed by atoms with Gasteiger partial charge in [-0.1, -0.05) is 0 Å². The number of methoxy groups -OCH3 is 1. The zero-order valence-corrected chi connectivity index (χ0v) is 11.1. The van der Waals surface area contributed by atoms with Gasteiger partial charge in [-0.15, -0.1) is 11.8 Å². The Kier molecular flexibility index (Phi) is 3.89. The molecule has 17 heavy (non-hydrogen) atoms. The number of carbonyl (C=O) groups is 1. The topological polar surface area (TPSA) is 52.1 Å². The molecule has 0 amide bonds. The molecule has 1 saturated carbocycles. The highest BCUT2D eigenvalue weighted by atomic mass is 35.5. The van der Waals surface area contributed by atoms with E-state index in [2.05, 4.69) is 9.97 Å². The minimum atomic E-state index is -0.135. The number of hydrogen-bond acceptors (Lipinski definition) is 5. The number of hydrogen-bond donors (Lipinski definition) is 0. The first-order chi connectivity index (χ1) is 8.13. The van der Waals surface area contributed by atoms with Gasteiger partial charge in [0.05, 0.1) is 13.5 Å². The number of rotatable bonds is 5. The minimum absolute atomic E-state index is 0.106. The molecule has 4 nitrogen and oxygen atoms in total. The number of halogens is 1. The lowest BCUT2D eigenvalue weighted by Gasteiger charge is -2.12. The predicted octanol–water partition coefficient (Wildman–Crippen LogP) is 2.57. The number of esters is 1. The molecule has 0 spiro atoms. The van der Waals surface area contributed by atoms with Crippen LogP contribution in [0.4, 0.5) is 0 Å². The Morgan fingerprint density at radius 3 is 3.00 bits per heavy atom. The number of thioether (sulfide) groups is 1. The molecule has 1 aromatic heterocycles. The average molecular weight is 273 g/mol. The second-order valence-corrected chi connectivity index (χ2v) is 5.54. The first-order valence-corrected chi connectivity index (χ1v) is 6.68. The lowest BCUT2D eigenvalue weighted by atomic mass is 10.1. The standard InChI is InChI=1S/C11H13ClN2O2S/c1-16-9(15)6-11(3-4-11)7-17-8-2-5-13-10(12)14-8/h2,5H,3-4,6-7H2,1H3. The van der Waals surface area contributed by atoms with E-state index in [0.717, 1.165) is 23.6 Å². The first-order valence-electron chi connectivity index (χ1n) is 5.32. The van der Waals surface area contributed by atoms with Gasteiger partial charge in [0.15, 0.2) is 0 Å². The van der Waals surface area contributed by atoms with Crippen LogP contribution in [-0.4, -0.2) is 28.8 Å². The van der Waals surface area contributed by atoms with E-state index in [1.54, 1.807) is 18.0 Å². The monoisotopic (exact) mass is 272 g/mol. The van der Waals surface area contributed by atoms with E-state index in [-0.39, 0.29) is 16.7 Å². The van der Waals surface area contributed by atoms with Crippen molar-refractivity contribution in [2.45, 2.75) is 24.3 Å². The molecular formula is C11H13ClN2O2S. The van der Waals surface area contributed by atoms with Crippen molar-refractivity contribution >= 4 is 29.3 Å². The first kappa shape index (κ1) is 12.6. The van der Waals surface area contributed by atoms with Gasteiger partial charge >= 0.3 is 5.97 Å². The fourth-order valence-electron chi connectivity index (χ4n) is 1.55. The average Bonchev–Trinajstić information content (AvgIpc) is 3.07. The van der Waals surface area contributed by atoms with Gasteiger partial charge in [0.1, 0.15) is 5.03 Å². The summed E-state index contributed by atoms with van der Waals surface area (Å²) in [6.07, 6.45) is 4.29. The number of carbonyl (C=O) groups excluding carboxylic acids is 1. The third kappa shape index (κ3) is 3.57. The highest BCUT2D eigenvalue weighted by molar-refractivity contribution is 7.99. The summed E-state index contributed by atoms with van der Waals surface area (Å²) < 4.78 is 4.70. The zero-order valence-electron chi connectivity index (χ0n) is 9.48. The van der Waals surface area contributed by atoms with E-state index in [1.165, 1.54) is 7.11 Å². The maximum absolute atomic E-state index is 11.3. The highest BCUT2D eigenvalue weighted by Gasteiger charge is 2.44. The summed E-state index contributed by atoms with van der Waals surface area (Å²) >= 11 is 7.32. The molecule has 6 heteroatoms. The summed E-state index contributed by atoms with van der Waals surface area (Å²) in [7, 11) is 1.43. The van der Waals surface area contributed by atoms with Crippen molar-refractivity contribution in [2.24, 2.45) is 5.41 Å². The molecule has 0 radical (unpaired) electrons. The van der Waals surface area contributed by atoms with Crippen LogP contribution >= 0.6 is 23.4 Å². The maximum Gasteiger partial charge on any atom is 0.306 e. The molecule has 92 valence electrons. The van der Waals surface area contributed by atoms with Crippen molar-refractivity contribution in [3.63, 3.8) is 0 Å². The van der Waals surface area contributed by atoms with Crippen LogP contribution in [0.3, 0.4) is 0 Å². The fraction of sp³-hybridized carbons (Fsp3) is 0.545. The molecule has 0 bridgehead atoms. The normalized spacial score (nSPS) is 16.6. The molecule has 1 aromatic rings. The van der Waals surface area contributed by atoms with Crippen molar-refractivity contribution < 1.29 is 9.53 Å². The smallest absolute Gasteiger partial charge is 0.306 e. The van der Waals surface area contributed by atoms with Crippen LogP contribution in [0.15, 0.2) is 17.3 Å². The predicted molar refractivity (Wildman–Crippen MR) is 66.1 cm³/mol. The third-order valence-corrected chi connectivity index (χ3v) is 4.29. The van der Waals surface area contributed by atoms with E-state index >= 15 is 0 Å². The molecule has 1 aliphatic rings. The van der Waals surface area contributed by atoms with Crippen molar-refractivity contribution in [3.8, 4) is 0 Å². The molecular weight excluding hydrogens is 260 g/mol. The number of nitrogens with zero attached hydrogens (tertiary/aromatic N) is 2. The number of ether oxygens (including phenoxy) is 1. The van der Waals surface area contributed by atoms with Gasteiger partial charge in [0.25, 0.3) is 0 Å². The van der Waals surface area contributed by atoms with Crippen LogP contribution in [0.5, 0.6) is 0 Å². The lowest BCUT2D eigenvalue weighted by molar-refractivity contribution is -0.141. The summed E-state index contributed by atoms with van der Waals surface area (Å²) in [5, 5.41) is 1.11. The Labute approximate surface area is 109 Å². The molecule has 0 unspecified atom stereocenters. The second kappa shape index (κ2) is 5.23. The van der Waals surface area contributed by atoms with Gasteiger partial charge in [-0.25, -0.2) is 9.97 Å². The van der Waals surface area contributed by atoms with Crippen molar-refractivity contribution in [2.75, 3.05) is 12.9 Å². The van der Waals surface area contributed by atoms with Gasteiger partial charge < -0.3 is 4.74 Å². The quantitative estimate of drug-likeness (QED) is 0.357. The zero-order chi connectivity index (χ0) is 12.3. The lowest BCUT2D eigenvalue weighted by Crippen LogP contribution is -2.13. The number of aromatic nitrogens is 2. The van der Waals surface area contributed by atoms with E-state index in [0.29, 0.717) is 6.42 Å². The maximum atomic E-state index is 11.3. The van der Waals surface area contributed by atoms with Gasteiger partial charge in [0.2, 0.25) is 5.28 Å². The molecule has 1 fully saturated rings. The molecule has 0 aliphatic heterocycles. The van der Waals surface area contributed by atoms with Gasteiger partial charge in [-0.2, -0.15) is 0 Å². The highest BCUT2D eigenvalue weighted by Crippen LogP contribution is 2.51. The Bertz CT molecular complexity index is 424. The van der Waals surface area contributed by atoms with Crippen LogP contribution < -0.4 is 0 Å². The van der Waals surface area contributed by atoms with Crippen molar-refractivity contribution in [1.29, 1.82) is 0 Å². The van der Waals surface area contributed by atoms with Crippen LogP contribution in [-0.2, 0) is 9.53 Å². The Balaban J connectivity index is 1.88. The summed E-state index contributed by atoms with van der Waals surface area (Å²) in [5.41, 5.74) is 0.106. The van der Waals surface area contributed by atoms with Crippen LogP contribution in [0.25, 0.3) is 0 Å². The van der Waals surface area contributed by atoms with Gasteiger partial charge in [-0.3, -0.25) is 4.79 Å². The van der Waals surface area contributed by atoms with Crippen molar-refractivity contribution in [3.05, 3.63) is 17.5 Å². The van der Waals surface area contributed by atoms with E-state index in [4.69, 9.17) is 16.3 Å². The van der Waals surface area contributed by atoms with E-state index in [1.807, 2.05) is 6.07 Å². The minimum Gasteiger partial charge on any atom is -0.469 e. The summed E-state index contributed by atoms with van der Waals surface area (Å²) in [4.78, 5) is 19.2. The Hall–Kier alpha value is -0.810. The summed E-state index contributed by atoms with van der Waals surface area (Å²) in [6.45, 7) is 0. The molecule has 0 saturated heterocycles. The van der Waals surface area contributed by atoms with E-state index in [9.17, 15) is 4.79 Å². The largest absolute Gasteiger partial charge is 0.469 e. The van der Waals surface area contributed by atoms with Crippen molar-refractivity contribution in [1.82, 2.24) is 9.97 Å². The van der Waals surface area contributed by atoms with E-state index < -0.39 is 0 Å². The molecule has 1 aliphatic carbocycles. The summed E-state index contributed by atoms with van der Waals surface area (Å²) in [6, 6.07) is 1.82. The van der Waals surface area contributed by atoms with Crippen LogP contribution in [0.2, 0.25) is 5.28 Å². The molecule has 0 aromatic carbocycles. The third-order valence-electron chi connectivity index (χ3n) is 2.83. The SMILES string of the molecule is COC(=O)CC1(CSc2ccnc(Cl)n2)CC1. The second-order valence-electron chi connectivity index (χ2n) is 4.21.